The number of fused-ring (bicyclic) bond motifs is 2. The van der Waals surface area contributed by atoms with E-state index in [1.54, 1.807) is 12.1 Å². The number of nitrogen functional groups attached to an aromatic ring is 1. The number of hydrogen-bond acceptors (Lipinski definition) is 9. The Morgan fingerprint density at radius 2 is 1.94 bits per heavy atom. The third-order valence-electron chi connectivity index (χ3n) is 5.67. The summed E-state index contributed by atoms with van der Waals surface area (Å²) in [5, 5.41) is 4.22. The lowest BCUT2D eigenvalue weighted by atomic mass is 10.0. The molecule has 2 aromatic heterocycles. The molecular weight excluding hydrogens is 464 g/mol. The van der Waals surface area contributed by atoms with Gasteiger partial charge in [0.15, 0.2) is 33.6 Å². The fraction of sp³-hybridized carbons (Fsp3) is 0.280. The van der Waals surface area contributed by atoms with Crippen molar-refractivity contribution >= 4 is 35.0 Å². The standard InChI is InChI=1S/C25H26N6O3S/c1-15(2)27-8-3-9-31-24-22(23(26)28-13-29-24)30-25(31)35-21-11-20-19(33-14-34-20)10-18(21)17-6-4-16(12-32)5-7-17/h4-7,10-13,15,27H,3,8-9,14H2,1-2H3,(H2,26,28,29). The average Bonchev–Trinajstić information content (AvgIpc) is 3.46. The van der Waals surface area contributed by atoms with Crippen LogP contribution in [0, 0.1) is 0 Å². The number of nitrogens with one attached hydrogen (secondary N) is 1. The summed E-state index contributed by atoms with van der Waals surface area (Å²) in [4.78, 5) is 25.5. The van der Waals surface area contributed by atoms with Crippen LogP contribution in [0.25, 0.3) is 22.3 Å². The quantitative estimate of drug-likeness (QED) is 0.263. The maximum absolute atomic E-state index is 11.1. The highest BCUT2D eigenvalue weighted by atomic mass is 32.2. The van der Waals surface area contributed by atoms with Gasteiger partial charge < -0.3 is 25.1 Å². The van der Waals surface area contributed by atoms with Crippen molar-refractivity contribution in [1.82, 2.24) is 24.8 Å². The Kier molecular flexibility index (Phi) is 6.56. The second-order valence-corrected chi connectivity index (χ2v) is 9.49. The van der Waals surface area contributed by atoms with Crippen LogP contribution in [0.4, 0.5) is 5.82 Å². The summed E-state index contributed by atoms with van der Waals surface area (Å²) >= 11 is 1.51. The van der Waals surface area contributed by atoms with Crippen molar-refractivity contribution in [1.29, 1.82) is 0 Å². The summed E-state index contributed by atoms with van der Waals surface area (Å²) in [7, 11) is 0. The molecule has 0 aliphatic carbocycles. The lowest BCUT2D eigenvalue weighted by molar-refractivity contribution is 0.112. The largest absolute Gasteiger partial charge is 0.454 e. The maximum Gasteiger partial charge on any atom is 0.231 e. The molecule has 0 radical (unpaired) electrons. The number of aromatic nitrogens is 4. The van der Waals surface area contributed by atoms with Crippen molar-refractivity contribution in [2.75, 3.05) is 19.1 Å². The fourth-order valence-corrected chi connectivity index (χ4v) is 4.99. The summed E-state index contributed by atoms with van der Waals surface area (Å²) in [5.74, 6) is 1.72. The van der Waals surface area contributed by atoms with E-state index in [1.165, 1.54) is 18.1 Å². The zero-order valence-corrected chi connectivity index (χ0v) is 20.3. The van der Waals surface area contributed by atoms with E-state index in [1.807, 2.05) is 24.3 Å². The van der Waals surface area contributed by atoms with E-state index >= 15 is 0 Å². The molecule has 9 nitrogen and oxygen atoms in total. The number of aldehydes is 1. The smallest absolute Gasteiger partial charge is 0.231 e. The monoisotopic (exact) mass is 490 g/mol. The highest BCUT2D eigenvalue weighted by molar-refractivity contribution is 7.99. The molecule has 35 heavy (non-hydrogen) atoms. The molecule has 5 rings (SSSR count). The van der Waals surface area contributed by atoms with Crippen molar-refractivity contribution in [2.24, 2.45) is 0 Å². The summed E-state index contributed by atoms with van der Waals surface area (Å²) in [6, 6.07) is 11.8. The first kappa shape index (κ1) is 23.1. The number of imidazole rings is 1. The SMILES string of the molecule is CC(C)NCCCn1c(Sc2cc3c(cc2-c2ccc(C=O)cc2)OCO3)nc2c(N)ncnc21. The molecular formula is C25H26N6O3S. The van der Waals surface area contributed by atoms with Gasteiger partial charge in [0.05, 0.1) is 0 Å². The van der Waals surface area contributed by atoms with E-state index in [0.717, 1.165) is 47.0 Å². The number of nitrogens with zero attached hydrogens (tertiary/aromatic N) is 4. The van der Waals surface area contributed by atoms with Crippen LogP contribution in [-0.4, -0.2) is 45.2 Å². The minimum atomic E-state index is 0.181. The first-order chi connectivity index (χ1) is 17.0. The van der Waals surface area contributed by atoms with Crippen LogP contribution in [0.2, 0.25) is 0 Å². The highest BCUT2D eigenvalue weighted by Crippen LogP contribution is 2.45. The molecule has 1 aliphatic heterocycles. The minimum Gasteiger partial charge on any atom is -0.454 e. The number of carbonyl (C=O) groups excluding carboxylic acids is 1. The van der Waals surface area contributed by atoms with Gasteiger partial charge in [-0.2, -0.15) is 0 Å². The van der Waals surface area contributed by atoms with Crippen LogP contribution in [-0.2, 0) is 6.54 Å². The molecule has 0 saturated carbocycles. The first-order valence-electron chi connectivity index (χ1n) is 11.4. The molecule has 1 aliphatic rings. The van der Waals surface area contributed by atoms with Gasteiger partial charge >= 0.3 is 0 Å². The number of aryl methyl sites for hydroxylation is 1. The van der Waals surface area contributed by atoms with E-state index in [-0.39, 0.29) is 6.79 Å². The number of carbonyl (C=O) groups is 1. The maximum atomic E-state index is 11.1. The minimum absolute atomic E-state index is 0.181. The van der Waals surface area contributed by atoms with Gasteiger partial charge in [-0.25, -0.2) is 15.0 Å². The van der Waals surface area contributed by atoms with Crippen molar-refractivity contribution in [3.63, 3.8) is 0 Å². The van der Waals surface area contributed by atoms with Crippen LogP contribution in [0.5, 0.6) is 11.5 Å². The molecule has 0 spiro atoms. The van der Waals surface area contributed by atoms with Crippen molar-refractivity contribution < 1.29 is 14.3 Å². The molecule has 2 aromatic carbocycles. The van der Waals surface area contributed by atoms with E-state index in [2.05, 4.69) is 33.7 Å². The Morgan fingerprint density at radius 3 is 2.69 bits per heavy atom. The zero-order valence-electron chi connectivity index (χ0n) is 19.5. The van der Waals surface area contributed by atoms with E-state index < -0.39 is 0 Å². The molecule has 10 heteroatoms. The summed E-state index contributed by atoms with van der Waals surface area (Å²) in [6.45, 7) is 6.04. The number of rotatable bonds is 9. The van der Waals surface area contributed by atoms with Crippen LogP contribution >= 0.6 is 11.8 Å². The number of nitrogens with two attached hydrogens (primary N) is 1. The normalized spacial score (nSPS) is 12.5. The first-order valence-corrected chi connectivity index (χ1v) is 12.2. The van der Waals surface area contributed by atoms with Gasteiger partial charge in [0.1, 0.15) is 12.6 Å². The van der Waals surface area contributed by atoms with Gasteiger partial charge in [0, 0.05) is 23.0 Å². The van der Waals surface area contributed by atoms with Crippen molar-refractivity contribution in [2.45, 2.75) is 42.9 Å². The van der Waals surface area contributed by atoms with Gasteiger partial charge in [0.2, 0.25) is 6.79 Å². The Balaban J connectivity index is 1.55. The molecule has 4 aromatic rings. The summed E-state index contributed by atoms with van der Waals surface area (Å²) < 4.78 is 13.4. The zero-order chi connectivity index (χ0) is 24.4. The molecule has 0 amide bonds. The average molecular weight is 491 g/mol. The van der Waals surface area contributed by atoms with Crippen LogP contribution in [0.15, 0.2) is 52.8 Å². The predicted molar refractivity (Wildman–Crippen MR) is 135 cm³/mol. The predicted octanol–water partition coefficient (Wildman–Crippen LogP) is 4.16. The molecule has 0 bridgehead atoms. The summed E-state index contributed by atoms with van der Waals surface area (Å²) in [5.41, 5.74) is 9.96. The number of hydrogen-bond donors (Lipinski definition) is 2. The number of ether oxygens (including phenoxy) is 2. The topological polar surface area (TPSA) is 117 Å². The Morgan fingerprint density at radius 1 is 1.17 bits per heavy atom. The Hall–Kier alpha value is -3.63. The second-order valence-electron chi connectivity index (χ2n) is 8.48. The lowest BCUT2D eigenvalue weighted by Gasteiger charge is -2.13. The van der Waals surface area contributed by atoms with Gasteiger partial charge in [-0.15, -0.1) is 0 Å². The second kappa shape index (κ2) is 9.93. The molecule has 0 fully saturated rings. The van der Waals surface area contributed by atoms with E-state index in [0.29, 0.717) is 40.1 Å². The van der Waals surface area contributed by atoms with E-state index in [4.69, 9.17) is 20.2 Å². The Bertz CT molecular complexity index is 1370. The molecule has 0 saturated heterocycles. The van der Waals surface area contributed by atoms with Crippen molar-refractivity contribution in [3.05, 3.63) is 48.3 Å². The molecule has 3 heterocycles. The Labute approximate surface area is 207 Å². The molecule has 0 unspecified atom stereocenters. The van der Waals surface area contributed by atoms with Gasteiger partial charge in [0.25, 0.3) is 0 Å². The third-order valence-corrected chi connectivity index (χ3v) is 6.72. The van der Waals surface area contributed by atoms with Crippen molar-refractivity contribution in [3.8, 4) is 22.6 Å². The van der Waals surface area contributed by atoms with Gasteiger partial charge in [-0.1, -0.05) is 49.9 Å². The molecule has 3 N–H and O–H groups in total. The van der Waals surface area contributed by atoms with Gasteiger partial charge in [-0.3, -0.25) is 4.79 Å². The van der Waals surface area contributed by atoms with Crippen LogP contribution in [0.1, 0.15) is 30.6 Å². The number of benzene rings is 2. The number of anilines is 1. The van der Waals surface area contributed by atoms with Crippen LogP contribution in [0.3, 0.4) is 0 Å². The molecule has 180 valence electrons. The van der Waals surface area contributed by atoms with Gasteiger partial charge in [-0.05, 0) is 36.2 Å². The van der Waals surface area contributed by atoms with E-state index in [9.17, 15) is 4.79 Å². The van der Waals surface area contributed by atoms with Crippen LogP contribution < -0.4 is 20.5 Å². The summed E-state index contributed by atoms with van der Waals surface area (Å²) in [6.07, 6.45) is 3.21. The molecule has 0 atom stereocenters. The highest BCUT2D eigenvalue weighted by Gasteiger charge is 2.22. The lowest BCUT2D eigenvalue weighted by Crippen LogP contribution is -2.24. The fourth-order valence-electron chi connectivity index (χ4n) is 3.91. The third kappa shape index (κ3) is 4.80.